The van der Waals surface area contributed by atoms with Crippen molar-refractivity contribution in [3.63, 3.8) is 0 Å². The quantitative estimate of drug-likeness (QED) is 0.687. The molecule has 2 heteroatoms. The summed E-state index contributed by atoms with van der Waals surface area (Å²) in [5, 5.41) is 4.36. The summed E-state index contributed by atoms with van der Waals surface area (Å²) in [7, 11) is 0. The standard InChI is InChI=1S/C18H18N2/c1-18(2,20-14-6-13-19-20)17-11-9-16(10-12-17)15-7-4-3-5-8-15/h3-14H,1-2H3. The minimum Gasteiger partial charge on any atom is -0.263 e. The summed E-state index contributed by atoms with van der Waals surface area (Å²) in [6.45, 7) is 4.36. The Morgan fingerprint density at radius 3 is 2.05 bits per heavy atom. The lowest BCUT2D eigenvalue weighted by atomic mass is 9.92. The summed E-state index contributed by atoms with van der Waals surface area (Å²) in [5.41, 5.74) is 3.60. The van der Waals surface area contributed by atoms with Gasteiger partial charge >= 0.3 is 0 Å². The van der Waals surface area contributed by atoms with Crippen molar-refractivity contribution in [2.75, 3.05) is 0 Å². The van der Waals surface area contributed by atoms with Gasteiger partial charge in [0.25, 0.3) is 0 Å². The van der Waals surface area contributed by atoms with Gasteiger partial charge < -0.3 is 0 Å². The maximum atomic E-state index is 4.36. The SMILES string of the molecule is CC(C)(c1ccc(-c2ccccc2)cc1)n1cccn1. The summed E-state index contributed by atoms with van der Waals surface area (Å²) in [6, 6.07) is 21.1. The topological polar surface area (TPSA) is 17.8 Å². The number of aromatic nitrogens is 2. The van der Waals surface area contributed by atoms with Crippen LogP contribution in [0.15, 0.2) is 73.1 Å². The van der Waals surface area contributed by atoms with Crippen LogP contribution in [0.3, 0.4) is 0 Å². The van der Waals surface area contributed by atoms with Gasteiger partial charge in [0.15, 0.2) is 0 Å². The van der Waals surface area contributed by atoms with Gasteiger partial charge in [-0.15, -0.1) is 0 Å². The molecule has 2 nitrogen and oxygen atoms in total. The zero-order valence-electron chi connectivity index (χ0n) is 11.8. The molecule has 0 saturated heterocycles. The first-order valence-electron chi connectivity index (χ1n) is 6.84. The van der Waals surface area contributed by atoms with Crippen LogP contribution < -0.4 is 0 Å². The van der Waals surface area contributed by atoms with Crippen LogP contribution >= 0.6 is 0 Å². The molecule has 0 spiro atoms. The monoisotopic (exact) mass is 262 g/mol. The summed E-state index contributed by atoms with van der Waals surface area (Å²) in [6.07, 6.45) is 3.82. The molecule has 0 fully saturated rings. The van der Waals surface area contributed by atoms with Crippen LogP contribution in [0.4, 0.5) is 0 Å². The second kappa shape index (κ2) is 4.97. The first-order valence-corrected chi connectivity index (χ1v) is 6.84. The number of hydrogen-bond acceptors (Lipinski definition) is 1. The van der Waals surface area contributed by atoms with Crippen molar-refractivity contribution in [1.82, 2.24) is 9.78 Å². The molecule has 3 rings (SSSR count). The van der Waals surface area contributed by atoms with E-state index in [4.69, 9.17) is 0 Å². The molecule has 0 aliphatic heterocycles. The van der Waals surface area contributed by atoms with Crippen LogP contribution in [0, 0.1) is 0 Å². The van der Waals surface area contributed by atoms with Crippen LogP contribution in [-0.2, 0) is 5.54 Å². The third kappa shape index (κ3) is 2.25. The Morgan fingerprint density at radius 1 is 0.800 bits per heavy atom. The summed E-state index contributed by atoms with van der Waals surface area (Å²) >= 11 is 0. The fourth-order valence-electron chi connectivity index (χ4n) is 2.43. The minimum atomic E-state index is -0.140. The third-order valence-corrected chi connectivity index (χ3v) is 3.78. The lowest BCUT2D eigenvalue weighted by Crippen LogP contribution is -2.28. The third-order valence-electron chi connectivity index (χ3n) is 3.78. The van der Waals surface area contributed by atoms with Crippen molar-refractivity contribution in [3.05, 3.63) is 78.6 Å². The van der Waals surface area contributed by atoms with E-state index >= 15 is 0 Å². The van der Waals surface area contributed by atoms with Crippen molar-refractivity contribution in [2.24, 2.45) is 0 Å². The van der Waals surface area contributed by atoms with Gasteiger partial charge in [0.2, 0.25) is 0 Å². The molecule has 0 radical (unpaired) electrons. The first-order chi connectivity index (χ1) is 9.68. The largest absolute Gasteiger partial charge is 0.263 e. The summed E-state index contributed by atoms with van der Waals surface area (Å²) in [5.74, 6) is 0. The lowest BCUT2D eigenvalue weighted by molar-refractivity contribution is 0.390. The lowest BCUT2D eigenvalue weighted by Gasteiger charge is -2.26. The highest BCUT2D eigenvalue weighted by Gasteiger charge is 2.22. The Kier molecular flexibility index (Phi) is 3.15. The van der Waals surface area contributed by atoms with Gasteiger partial charge in [0.05, 0.1) is 5.54 Å². The smallest absolute Gasteiger partial charge is 0.0819 e. The van der Waals surface area contributed by atoms with Gasteiger partial charge in [-0.25, -0.2) is 0 Å². The van der Waals surface area contributed by atoms with E-state index in [2.05, 4.69) is 67.5 Å². The maximum absolute atomic E-state index is 4.36. The molecule has 0 saturated carbocycles. The average molecular weight is 262 g/mol. The molecule has 20 heavy (non-hydrogen) atoms. The van der Waals surface area contributed by atoms with Crippen molar-refractivity contribution in [1.29, 1.82) is 0 Å². The molecule has 1 aromatic heterocycles. The van der Waals surface area contributed by atoms with Gasteiger partial charge in [-0.1, -0.05) is 54.6 Å². The van der Waals surface area contributed by atoms with Crippen LogP contribution in [-0.4, -0.2) is 9.78 Å². The normalized spacial score (nSPS) is 11.5. The predicted octanol–water partition coefficient (Wildman–Crippen LogP) is 4.33. The van der Waals surface area contributed by atoms with Crippen molar-refractivity contribution in [3.8, 4) is 11.1 Å². The van der Waals surface area contributed by atoms with Gasteiger partial charge in [-0.2, -0.15) is 5.10 Å². The van der Waals surface area contributed by atoms with Crippen molar-refractivity contribution < 1.29 is 0 Å². The zero-order valence-corrected chi connectivity index (χ0v) is 11.8. The van der Waals surface area contributed by atoms with E-state index in [1.54, 1.807) is 0 Å². The minimum absolute atomic E-state index is 0.140. The number of benzene rings is 2. The van der Waals surface area contributed by atoms with E-state index in [9.17, 15) is 0 Å². The second-order valence-corrected chi connectivity index (χ2v) is 5.45. The molecule has 3 aromatic rings. The Labute approximate surface area is 119 Å². The molecule has 0 aliphatic carbocycles. The van der Waals surface area contributed by atoms with Gasteiger partial charge in [0, 0.05) is 12.4 Å². The van der Waals surface area contributed by atoms with Crippen molar-refractivity contribution >= 4 is 0 Å². The molecule has 100 valence electrons. The van der Waals surface area contributed by atoms with E-state index in [1.165, 1.54) is 16.7 Å². The molecule has 0 bridgehead atoms. The predicted molar refractivity (Wildman–Crippen MR) is 82.5 cm³/mol. The van der Waals surface area contributed by atoms with Gasteiger partial charge in [-0.3, -0.25) is 4.68 Å². The van der Waals surface area contributed by atoms with Crippen LogP contribution in [0.25, 0.3) is 11.1 Å². The fraction of sp³-hybridized carbons (Fsp3) is 0.167. The maximum Gasteiger partial charge on any atom is 0.0819 e. The second-order valence-electron chi connectivity index (χ2n) is 5.45. The van der Waals surface area contributed by atoms with E-state index in [-0.39, 0.29) is 5.54 Å². The van der Waals surface area contributed by atoms with Gasteiger partial charge in [-0.05, 0) is 36.6 Å². The highest BCUT2D eigenvalue weighted by molar-refractivity contribution is 5.63. The Bertz CT molecular complexity index is 665. The Hall–Kier alpha value is -2.35. The number of nitrogens with zero attached hydrogens (tertiary/aromatic N) is 2. The van der Waals surface area contributed by atoms with E-state index in [1.807, 2.05) is 29.2 Å². The Morgan fingerprint density at radius 2 is 1.45 bits per heavy atom. The zero-order chi connectivity index (χ0) is 14.0. The highest BCUT2D eigenvalue weighted by atomic mass is 15.3. The molecule has 0 atom stereocenters. The summed E-state index contributed by atoms with van der Waals surface area (Å²) in [4.78, 5) is 0. The molecular weight excluding hydrogens is 244 g/mol. The van der Waals surface area contributed by atoms with Crippen LogP contribution in [0.2, 0.25) is 0 Å². The van der Waals surface area contributed by atoms with Crippen LogP contribution in [0.1, 0.15) is 19.4 Å². The summed E-state index contributed by atoms with van der Waals surface area (Å²) < 4.78 is 1.99. The first kappa shape index (κ1) is 12.7. The van der Waals surface area contributed by atoms with E-state index in [0.29, 0.717) is 0 Å². The molecule has 2 aromatic carbocycles. The molecular formula is C18H18N2. The number of rotatable bonds is 3. The Balaban J connectivity index is 1.94. The molecule has 0 N–H and O–H groups in total. The molecule has 0 amide bonds. The average Bonchev–Trinajstić information content (AvgIpc) is 3.03. The van der Waals surface area contributed by atoms with Gasteiger partial charge in [0.1, 0.15) is 0 Å². The molecule has 0 unspecified atom stereocenters. The van der Waals surface area contributed by atoms with E-state index in [0.717, 1.165) is 0 Å². The van der Waals surface area contributed by atoms with E-state index < -0.39 is 0 Å². The number of hydrogen-bond donors (Lipinski definition) is 0. The molecule has 0 aliphatic rings. The molecule has 1 heterocycles. The van der Waals surface area contributed by atoms with Crippen molar-refractivity contribution in [2.45, 2.75) is 19.4 Å². The fourth-order valence-corrected chi connectivity index (χ4v) is 2.43. The highest BCUT2D eigenvalue weighted by Crippen LogP contribution is 2.27. The van der Waals surface area contributed by atoms with Crippen LogP contribution in [0.5, 0.6) is 0 Å².